The molecule has 1 aromatic carbocycles. The summed E-state index contributed by atoms with van der Waals surface area (Å²) in [5, 5.41) is 0.575. The van der Waals surface area contributed by atoms with Gasteiger partial charge in [-0.25, -0.2) is 4.98 Å². The van der Waals surface area contributed by atoms with Crippen molar-refractivity contribution in [2.75, 3.05) is 0 Å². The number of halogens is 1. The van der Waals surface area contributed by atoms with E-state index in [1.807, 2.05) is 11.6 Å². The number of aryl methyl sites for hydroxylation is 2. The summed E-state index contributed by atoms with van der Waals surface area (Å²) in [7, 11) is 1.96. The lowest BCUT2D eigenvalue weighted by Crippen LogP contribution is -2.07. The van der Waals surface area contributed by atoms with Crippen molar-refractivity contribution in [1.82, 2.24) is 9.55 Å². The number of hydrogen-bond donors (Lipinski definition) is 1. The van der Waals surface area contributed by atoms with Crippen LogP contribution in [-0.4, -0.2) is 9.55 Å². The van der Waals surface area contributed by atoms with Crippen LogP contribution in [0.15, 0.2) is 24.3 Å². The first kappa shape index (κ1) is 13.1. The molecule has 0 atom stereocenters. The summed E-state index contributed by atoms with van der Waals surface area (Å²) in [6.07, 6.45) is 1.84. The maximum absolute atomic E-state index is 6.14. The molecule has 0 unspecified atom stereocenters. The van der Waals surface area contributed by atoms with Gasteiger partial charge in [-0.2, -0.15) is 0 Å². The lowest BCUT2D eigenvalue weighted by molar-refractivity contribution is 0.739. The predicted octanol–water partition coefficient (Wildman–Crippen LogP) is 2.63. The molecule has 0 bridgehead atoms. The SMILES string of the molecule is Cc1cccc(CCc2c(Cl)nc(CN)n2C)c1. The number of rotatable bonds is 4. The summed E-state index contributed by atoms with van der Waals surface area (Å²) in [4.78, 5) is 4.26. The van der Waals surface area contributed by atoms with E-state index in [1.165, 1.54) is 11.1 Å². The van der Waals surface area contributed by atoms with E-state index in [9.17, 15) is 0 Å². The molecule has 1 aromatic heterocycles. The van der Waals surface area contributed by atoms with Crippen molar-refractivity contribution < 1.29 is 0 Å². The van der Waals surface area contributed by atoms with Gasteiger partial charge in [-0.3, -0.25) is 0 Å². The highest BCUT2D eigenvalue weighted by Crippen LogP contribution is 2.18. The van der Waals surface area contributed by atoms with E-state index < -0.39 is 0 Å². The fourth-order valence-corrected chi connectivity index (χ4v) is 2.45. The van der Waals surface area contributed by atoms with Gasteiger partial charge in [0.1, 0.15) is 5.82 Å². The summed E-state index contributed by atoms with van der Waals surface area (Å²) in [6.45, 7) is 2.52. The minimum Gasteiger partial charge on any atom is -0.333 e. The maximum Gasteiger partial charge on any atom is 0.150 e. The molecule has 0 spiro atoms. The van der Waals surface area contributed by atoms with Crippen LogP contribution in [0.2, 0.25) is 5.15 Å². The first-order valence-corrected chi connectivity index (χ1v) is 6.45. The first-order valence-electron chi connectivity index (χ1n) is 6.07. The van der Waals surface area contributed by atoms with Gasteiger partial charge >= 0.3 is 0 Å². The predicted molar refractivity (Wildman–Crippen MR) is 74.7 cm³/mol. The molecule has 0 saturated carbocycles. The Morgan fingerprint density at radius 3 is 2.72 bits per heavy atom. The molecule has 1 heterocycles. The van der Waals surface area contributed by atoms with E-state index >= 15 is 0 Å². The minimum absolute atomic E-state index is 0.417. The van der Waals surface area contributed by atoms with Crippen LogP contribution >= 0.6 is 11.6 Å². The molecule has 3 nitrogen and oxygen atoms in total. The van der Waals surface area contributed by atoms with Gasteiger partial charge in [0.05, 0.1) is 12.2 Å². The van der Waals surface area contributed by atoms with Crippen LogP contribution in [0.5, 0.6) is 0 Å². The van der Waals surface area contributed by atoms with Gasteiger partial charge in [0.25, 0.3) is 0 Å². The number of nitrogens with zero attached hydrogens (tertiary/aromatic N) is 2. The van der Waals surface area contributed by atoms with Crippen molar-refractivity contribution in [3.8, 4) is 0 Å². The smallest absolute Gasteiger partial charge is 0.150 e. The van der Waals surface area contributed by atoms with Gasteiger partial charge in [-0.1, -0.05) is 41.4 Å². The Morgan fingerprint density at radius 1 is 1.33 bits per heavy atom. The van der Waals surface area contributed by atoms with Crippen LogP contribution in [0.1, 0.15) is 22.6 Å². The van der Waals surface area contributed by atoms with Gasteiger partial charge in [-0.15, -0.1) is 0 Å². The summed E-state index contributed by atoms with van der Waals surface area (Å²) in [6, 6.07) is 8.53. The van der Waals surface area contributed by atoms with Crippen LogP contribution in [-0.2, 0) is 26.4 Å². The largest absolute Gasteiger partial charge is 0.333 e. The number of imidazole rings is 1. The number of hydrogen-bond acceptors (Lipinski definition) is 2. The Hall–Kier alpha value is -1.32. The second-order valence-electron chi connectivity index (χ2n) is 4.52. The second-order valence-corrected chi connectivity index (χ2v) is 4.88. The average Bonchev–Trinajstić information content (AvgIpc) is 2.62. The van der Waals surface area contributed by atoms with Crippen molar-refractivity contribution >= 4 is 11.6 Å². The van der Waals surface area contributed by atoms with E-state index in [2.05, 4.69) is 36.2 Å². The Balaban J connectivity index is 2.13. The second kappa shape index (κ2) is 5.55. The molecule has 2 rings (SSSR count). The Bertz CT molecular complexity index is 546. The van der Waals surface area contributed by atoms with E-state index in [0.29, 0.717) is 11.7 Å². The summed E-state index contributed by atoms with van der Waals surface area (Å²) >= 11 is 6.14. The Labute approximate surface area is 113 Å². The number of nitrogens with two attached hydrogens (primary N) is 1. The molecule has 0 saturated heterocycles. The van der Waals surface area contributed by atoms with Crippen molar-refractivity contribution in [2.45, 2.75) is 26.3 Å². The molecule has 4 heteroatoms. The third kappa shape index (κ3) is 2.74. The van der Waals surface area contributed by atoms with Gasteiger partial charge in [0.2, 0.25) is 0 Å². The van der Waals surface area contributed by atoms with Crippen molar-refractivity contribution in [3.63, 3.8) is 0 Å². The molecule has 2 N–H and O–H groups in total. The molecule has 0 aliphatic heterocycles. The molecule has 0 fully saturated rings. The van der Waals surface area contributed by atoms with Crippen LogP contribution < -0.4 is 5.73 Å². The highest BCUT2D eigenvalue weighted by atomic mass is 35.5. The quantitative estimate of drug-likeness (QED) is 0.922. The van der Waals surface area contributed by atoms with Gasteiger partial charge in [0, 0.05) is 7.05 Å². The van der Waals surface area contributed by atoms with E-state index in [0.717, 1.165) is 24.4 Å². The van der Waals surface area contributed by atoms with Gasteiger partial charge < -0.3 is 10.3 Å². The fourth-order valence-electron chi connectivity index (χ4n) is 2.13. The summed E-state index contributed by atoms with van der Waals surface area (Å²) in [5.41, 5.74) is 9.28. The lowest BCUT2D eigenvalue weighted by Gasteiger charge is -2.06. The van der Waals surface area contributed by atoms with Crippen LogP contribution in [0.25, 0.3) is 0 Å². The van der Waals surface area contributed by atoms with E-state index in [-0.39, 0.29) is 0 Å². The zero-order valence-electron chi connectivity index (χ0n) is 10.8. The first-order chi connectivity index (χ1) is 8.61. The Kier molecular flexibility index (Phi) is 4.04. The monoisotopic (exact) mass is 263 g/mol. The van der Waals surface area contributed by atoms with Crippen LogP contribution in [0.3, 0.4) is 0 Å². The zero-order valence-corrected chi connectivity index (χ0v) is 11.5. The minimum atomic E-state index is 0.417. The fraction of sp³-hybridized carbons (Fsp3) is 0.357. The maximum atomic E-state index is 6.14. The molecule has 0 amide bonds. The molecule has 0 aliphatic rings. The van der Waals surface area contributed by atoms with Crippen molar-refractivity contribution in [3.05, 3.63) is 52.1 Å². The normalized spacial score (nSPS) is 10.9. The highest BCUT2D eigenvalue weighted by Gasteiger charge is 2.11. The van der Waals surface area contributed by atoms with Crippen molar-refractivity contribution in [1.29, 1.82) is 0 Å². The van der Waals surface area contributed by atoms with E-state index in [4.69, 9.17) is 17.3 Å². The van der Waals surface area contributed by atoms with Gasteiger partial charge in [-0.05, 0) is 25.3 Å². The number of benzene rings is 1. The highest BCUT2D eigenvalue weighted by molar-refractivity contribution is 6.30. The Morgan fingerprint density at radius 2 is 2.11 bits per heavy atom. The summed E-state index contributed by atoms with van der Waals surface area (Å²) < 4.78 is 2.00. The molecular formula is C14H18ClN3. The average molecular weight is 264 g/mol. The van der Waals surface area contributed by atoms with E-state index in [1.54, 1.807) is 0 Å². The molecule has 2 aromatic rings. The number of aromatic nitrogens is 2. The van der Waals surface area contributed by atoms with Gasteiger partial charge in [0.15, 0.2) is 5.15 Å². The molecule has 0 aliphatic carbocycles. The third-order valence-corrected chi connectivity index (χ3v) is 3.48. The van der Waals surface area contributed by atoms with Crippen molar-refractivity contribution in [2.24, 2.45) is 12.8 Å². The third-order valence-electron chi connectivity index (χ3n) is 3.17. The molecule has 96 valence electrons. The molecular weight excluding hydrogens is 246 g/mol. The standard InChI is InChI=1S/C14H18ClN3/c1-10-4-3-5-11(8-10)6-7-12-14(15)17-13(9-16)18(12)2/h3-5,8H,6-7,9,16H2,1-2H3. The van der Waals surface area contributed by atoms with Crippen LogP contribution in [0.4, 0.5) is 0 Å². The molecule has 0 radical (unpaired) electrons. The molecule has 18 heavy (non-hydrogen) atoms. The summed E-state index contributed by atoms with van der Waals surface area (Å²) in [5.74, 6) is 0.833. The topological polar surface area (TPSA) is 43.8 Å². The van der Waals surface area contributed by atoms with Crippen LogP contribution in [0, 0.1) is 6.92 Å². The lowest BCUT2D eigenvalue weighted by atomic mass is 10.1. The zero-order chi connectivity index (χ0) is 13.1.